The van der Waals surface area contributed by atoms with Gasteiger partial charge < -0.3 is 14.4 Å². The van der Waals surface area contributed by atoms with Crippen molar-refractivity contribution < 1.29 is 27.8 Å². The van der Waals surface area contributed by atoms with Crippen LogP contribution in [0.3, 0.4) is 0 Å². The number of carbonyl (C=O) groups is 1. The Morgan fingerprint density at radius 2 is 1.62 bits per heavy atom. The fraction of sp³-hybridized carbons (Fsp3) is 0.192. The Labute approximate surface area is 199 Å². The molecule has 0 unspecified atom stereocenters. The molecule has 4 aromatic rings. The minimum atomic E-state index is -4.56. The van der Waals surface area contributed by atoms with Gasteiger partial charge in [-0.1, -0.05) is 50.6 Å². The molecule has 0 saturated heterocycles. The summed E-state index contributed by atoms with van der Waals surface area (Å²) in [5, 5.41) is 10.9. The van der Waals surface area contributed by atoms with Crippen LogP contribution in [0.2, 0.25) is 5.02 Å². The fourth-order valence-electron chi connectivity index (χ4n) is 3.76. The van der Waals surface area contributed by atoms with Crippen LogP contribution in [-0.2, 0) is 11.6 Å². The van der Waals surface area contributed by atoms with Gasteiger partial charge in [-0.2, -0.15) is 13.2 Å². The molecule has 0 aliphatic carbocycles. The van der Waals surface area contributed by atoms with E-state index in [0.29, 0.717) is 21.6 Å². The van der Waals surface area contributed by atoms with Gasteiger partial charge in [0.2, 0.25) is 0 Å². The van der Waals surface area contributed by atoms with Crippen molar-refractivity contribution in [1.29, 1.82) is 0 Å². The first-order valence-electron chi connectivity index (χ1n) is 10.4. The molecule has 3 aromatic carbocycles. The standard InChI is InChI=1S/C26H21ClF3NO3/c1-25(2,3)15-7-10-18(11-8-15)31-21-14-17(27)9-12-20(21)23(22(31)24(32)33)34-19-6-4-5-16(13-19)26(28,29)30/h4-14H,1-3H3,(H,32,33). The lowest BCUT2D eigenvalue weighted by molar-refractivity contribution is -0.137. The van der Waals surface area contributed by atoms with E-state index in [2.05, 4.69) is 20.8 Å². The molecule has 1 N–H and O–H groups in total. The normalized spacial score (nSPS) is 12.2. The van der Waals surface area contributed by atoms with Crippen LogP contribution >= 0.6 is 11.6 Å². The molecular weight excluding hydrogens is 467 g/mol. The second-order valence-corrected chi connectivity index (χ2v) is 9.34. The molecule has 1 aromatic heterocycles. The van der Waals surface area contributed by atoms with Crippen LogP contribution in [0.4, 0.5) is 13.2 Å². The van der Waals surface area contributed by atoms with Crippen LogP contribution in [0.1, 0.15) is 42.4 Å². The summed E-state index contributed by atoms with van der Waals surface area (Å²) in [6.45, 7) is 6.20. The number of carboxylic acids is 1. The van der Waals surface area contributed by atoms with Gasteiger partial charge in [-0.3, -0.25) is 0 Å². The van der Waals surface area contributed by atoms with Gasteiger partial charge in [0.15, 0.2) is 11.4 Å². The lowest BCUT2D eigenvalue weighted by Crippen LogP contribution is -2.12. The first-order valence-corrected chi connectivity index (χ1v) is 10.8. The number of rotatable bonds is 4. The van der Waals surface area contributed by atoms with Crippen LogP contribution in [0, 0.1) is 0 Å². The third-order valence-corrected chi connectivity index (χ3v) is 5.69. The van der Waals surface area contributed by atoms with Crippen LogP contribution in [0.25, 0.3) is 16.6 Å². The van der Waals surface area contributed by atoms with Gasteiger partial charge in [0.05, 0.1) is 11.1 Å². The van der Waals surface area contributed by atoms with Gasteiger partial charge in [-0.05, 0) is 59.5 Å². The Morgan fingerprint density at radius 3 is 2.21 bits per heavy atom. The second-order valence-electron chi connectivity index (χ2n) is 8.90. The number of aromatic carboxylic acids is 1. The van der Waals surface area contributed by atoms with Crippen molar-refractivity contribution in [3.63, 3.8) is 0 Å². The van der Waals surface area contributed by atoms with Crippen molar-refractivity contribution in [2.75, 3.05) is 0 Å². The number of alkyl halides is 3. The average Bonchev–Trinajstić information content (AvgIpc) is 3.06. The highest BCUT2D eigenvalue weighted by molar-refractivity contribution is 6.31. The van der Waals surface area contributed by atoms with E-state index >= 15 is 0 Å². The predicted octanol–water partition coefficient (Wildman–Crippen LogP) is 8.09. The third kappa shape index (κ3) is 4.48. The number of hydrogen-bond acceptors (Lipinski definition) is 2. The number of halogens is 4. The van der Waals surface area contributed by atoms with Gasteiger partial charge in [-0.25, -0.2) is 4.79 Å². The first-order chi connectivity index (χ1) is 15.9. The molecule has 0 amide bonds. The van der Waals surface area contributed by atoms with E-state index in [0.717, 1.165) is 17.7 Å². The zero-order valence-corrected chi connectivity index (χ0v) is 19.3. The third-order valence-electron chi connectivity index (χ3n) is 5.46. The number of nitrogens with zero attached hydrogens (tertiary/aromatic N) is 1. The van der Waals surface area contributed by atoms with Gasteiger partial charge >= 0.3 is 12.1 Å². The molecule has 4 rings (SSSR count). The highest BCUT2D eigenvalue weighted by atomic mass is 35.5. The van der Waals surface area contributed by atoms with Crippen LogP contribution in [0.5, 0.6) is 11.5 Å². The van der Waals surface area contributed by atoms with Crippen molar-refractivity contribution >= 4 is 28.5 Å². The average molecular weight is 488 g/mol. The minimum Gasteiger partial charge on any atom is -0.476 e. The van der Waals surface area contributed by atoms with Crippen molar-refractivity contribution in [1.82, 2.24) is 4.57 Å². The molecule has 0 fully saturated rings. The maximum absolute atomic E-state index is 13.2. The Kier molecular flexibility index (Phi) is 5.85. The number of fused-ring (bicyclic) bond motifs is 1. The highest BCUT2D eigenvalue weighted by Gasteiger charge is 2.31. The van der Waals surface area contributed by atoms with Crippen molar-refractivity contribution in [3.8, 4) is 17.2 Å². The lowest BCUT2D eigenvalue weighted by atomic mass is 9.87. The Morgan fingerprint density at radius 1 is 0.941 bits per heavy atom. The quantitative estimate of drug-likeness (QED) is 0.316. The molecule has 0 radical (unpaired) electrons. The molecule has 0 bridgehead atoms. The number of ether oxygens (including phenoxy) is 1. The van der Waals surface area contributed by atoms with Crippen LogP contribution in [0.15, 0.2) is 66.7 Å². The summed E-state index contributed by atoms with van der Waals surface area (Å²) in [5.41, 5.74) is 0.841. The second kappa shape index (κ2) is 8.40. The summed E-state index contributed by atoms with van der Waals surface area (Å²) in [6.07, 6.45) is -4.56. The van der Waals surface area contributed by atoms with Gasteiger partial charge in [0.1, 0.15) is 5.75 Å². The summed E-state index contributed by atoms with van der Waals surface area (Å²) < 4.78 is 46.8. The zero-order chi connectivity index (χ0) is 24.8. The van der Waals surface area contributed by atoms with Crippen molar-refractivity contribution in [2.24, 2.45) is 0 Å². The van der Waals surface area contributed by atoms with Gasteiger partial charge in [-0.15, -0.1) is 0 Å². The summed E-state index contributed by atoms with van der Waals surface area (Å²) in [7, 11) is 0. The SMILES string of the molecule is CC(C)(C)c1ccc(-n2c(C(=O)O)c(Oc3cccc(C(F)(F)F)c3)c3ccc(Cl)cc32)cc1. The van der Waals surface area contributed by atoms with Crippen LogP contribution < -0.4 is 4.74 Å². The maximum Gasteiger partial charge on any atom is 0.416 e. The maximum atomic E-state index is 13.2. The molecule has 0 atom stereocenters. The number of aromatic nitrogens is 1. The summed E-state index contributed by atoms with van der Waals surface area (Å²) >= 11 is 6.21. The van der Waals surface area contributed by atoms with E-state index in [4.69, 9.17) is 16.3 Å². The van der Waals surface area contributed by atoms with Crippen LogP contribution in [-0.4, -0.2) is 15.6 Å². The largest absolute Gasteiger partial charge is 0.476 e. The van der Waals surface area contributed by atoms with Gasteiger partial charge in [0.25, 0.3) is 0 Å². The molecule has 0 saturated carbocycles. The Balaban J connectivity index is 1.94. The molecule has 176 valence electrons. The molecule has 0 aliphatic heterocycles. The summed E-state index contributed by atoms with van der Waals surface area (Å²) in [6, 6.07) is 16.5. The van der Waals surface area contributed by atoms with E-state index in [-0.39, 0.29) is 22.6 Å². The number of benzene rings is 3. The predicted molar refractivity (Wildman–Crippen MR) is 125 cm³/mol. The molecule has 1 heterocycles. The highest BCUT2D eigenvalue weighted by Crippen LogP contribution is 2.41. The van der Waals surface area contributed by atoms with Gasteiger partial charge in [0, 0.05) is 16.1 Å². The Bertz CT molecular complexity index is 1380. The number of hydrogen-bond donors (Lipinski definition) is 1. The molecule has 0 aliphatic rings. The fourth-order valence-corrected chi connectivity index (χ4v) is 3.93. The van der Waals surface area contributed by atoms with E-state index in [1.807, 2.05) is 12.1 Å². The van der Waals surface area contributed by atoms with E-state index in [9.17, 15) is 23.1 Å². The van der Waals surface area contributed by atoms with E-state index < -0.39 is 17.7 Å². The van der Waals surface area contributed by atoms with Crippen molar-refractivity contribution in [2.45, 2.75) is 32.4 Å². The lowest BCUT2D eigenvalue weighted by Gasteiger charge is -2.19. The zero-order valence-electron chi connectivity index (χ0n) is 18.6. The summed E-state index contributed by atoms with van der Waals surface area (Å²) in [4.78, 5) is 12.4. The van der Waals surface area contributed by atoms with E-state index in [1.165, 1.54) is 16.7 Å². The molecule has 8 heteroatoms. The summed E-state index contributed by atoms with van der Waals surface area (Å²) in [5.74, 6) is -1.50. The molecular formula is C26H21ClF3NO3. The minimum absolute atomic E-state index is 0.0709. The molecule has 0 spiro atoms. The monoisotopic (exact) mass is 487 g/mol. The molecule has 34 heavy (non-hydrogen) atoms. The smallest absolute Gasteiger partial charge is 0.416 e. The topological polar surface area (TPSA) is 51.5 Å². The van der Waals surface area contributed by atoms with Crippen molar-refractivity contribution in [3.05, 3.63) is 88.6 Å². The first kappa shape index (κ1) is 23.7. The van der Waals surface area contributed by atoms with E-state index in [1.54, 1.807) is 30.3 Å². The number of carboxylic acid groups (broad SMARTS) is 1. The Hall–Kier alpha value is -3.45. The molecule has 4 nitrogen and oxygen atoms in total.